The zero-order chi connectivity index (χ0) is 15.1. The molecule has 1 nitrogen and oxygen atoms in total. The standard InChI is InChI=1S/C19H26O/c1-12-7-8-13(2)14(3)16(9-12)17-10-19(5,6)11-18(20)15(17)4/h9H,1,7-8,10-11H2,2-6H3. The van der Waals surface area contributed by atoms with E-state index in [-0.39, 0.29) is 5.41 Å². The SMILES string of the molecule is C=C1C=C(C2=C(C)C(=O)CC(C)(C)C2)C(C)=C(C)CC1. The number of rotatable bonds is 1. The Balaban J connectivity index is 2.57. The Kier molecular flexibility index (Phi) is 3.90. The molecule has 1 heteroatoms. The van der Waals surface area contributed by atoms with Crippen molar-refractivity contribution in [1.29, 1.82) is 0 Å². The molecule has 0 bridgehead atoms. The molecule has 0 heterocycles. The zero-order valence-corrected chi connectivity index (χ0v) is 13.5. The summed E-state index contributed by atoms with van der Waals surface area (Å²) < 4.78 is 0. The summed E-state index contributed by atoms with van der Waals surface area (Å²) in [5.41, 5.74) is 7.45. The number of ketones is 1. The van der Waals surface area contributed by atoms with E-state index in [4.69, 9.17) is 0 Å². The lowest BCUT2D eigenvalue weighted by Crippen LogP contribution is -2.25. The molecule has 0 atom stereocenters. The fourth-order valence-electron chi connectivity index (χ4n) is 3.17. The highest BCUT2D eigenvalue weighted by molar-refractivity contribution is 5.98. The normalized spacial score (nSPS) is 23.9. The molecule has 0 saturated carbocycles. The van der Waals surface area contributed by atoms with Crippen LogP contribution in [0.1, 0.15) is 60.3 Å². The van der Waals surface area contributed by atoms with Crippen LogP contribution in [0.3, 0.4) is 0 Å². The molecule has 0 aromatic carbocycles. The summed E-state index contributed by atoms with van der Waals surface area (Å²) in [6.45, 7) is 14.9. The lowest BCUT2D eigenvalue weighted by Gasteiger charge is -2.33. The van der Waals surface area contributed by atoms with Gasteiger partial charge in [0.25, 0.3) is 0 Å². The summed E-state index contributed by atoms with van der Waals surface area (Å²) in [6, 6.07) is 0. The van der Waals surface area contributed by atoms with Crippen LogP contribution in [0.4, 0.5) is 0 Å². The highest BCUT2D eigenvalue weighted by Crippen LogP contribution is 2.43. The van der Waals surface area contributed by atoms with Gasteiger partial charge in [0, 0.05) is 6.42 Å². The molecule has 108 valence electrons. The number of hydrogen-bond acceptors (Lipinski definition) is 1. The van der Waals surface area contributed by atoms with E-state index in [1.807, 2.05) is 6.92 Å². The van der Waals surface area contributed by atoms with Gasteiger partial charge < -0.3 is 0 Å². The van der Waals surface area contributed by atoms with Crippen molar-refractivity contribution in [2.24, 2.45) is 5.41 Å². The van der Waals surface area contributed by atoms with Gasteiger partial charge in [0.05, 0.1) is 0 Å². The minimum atomic E-state index is 0.0641. The third kappa shape index (κ3) is 2.87. The lowest BCUT2D eigenvalue weighted by atomic mass is 9.71. The molecule has 0 fully saturated rings. The van der Waals surface area contributed by atoms with E-state index in [1.165, 1.54) is 27.9 Å². The van der Waals surface area contributed by atoms with E-state index in [0.717, 1.165) is 24.8 Å². The molecule has 0 aliphatic heterocycles. The second-order valence-electron chi connectivity index (χ2n) is 7.17. The van der Waals surface area contributed by atoms with Gasteiger partial charge >= 0.3 is 0 Å². The van der Waals surface area contributed by atoms with E-state index >= 15 is 0 Å². The average Bonchev–Trinajstić information content (AvgIpc) is 2.47. The summed E-state index contributed by atoms with van der Waals surface area (Å²) in [4.78, 5) is 12.3. The van der Waals surface area contributed by atoms with Crippen LogP contribution in [0, 0.1) is 5.41 Å². The maximum absolute atomic E-state index is 12.3. The summed E-state index contributed by atoms with van der Waals surface area (Å²) >= 11 is 0. The van der Waals surface area contributed by atoms with Crippen molar-refractivity contribution in [2.75, 3.05) is 0 Å². The molecule has 2 aliphatic rings. The molecule has 20 heavy (non-hydrogen) atoms. The van der Waals surface area contributed by atoms with Crippen molar-refractivity contribution >= 4 is 5.78 Å². The number of carbonyl (C=O) groups is 1. The monoisotopic (exact) mass is 270 g/mol. The molecular formula is C19H26O. The van der Waals surface area contributed by atoms with Gasteiger partial charge in [0.15, 0.2) is 5.78 Å². The molecule has 2 rings (SSSR count). The second-order valence-corrected chi connectivity index (χ2v) is 7.17. The fourth-order valence-corrected chi connectivity index (χ4v) is 3.17. The maximum atomic E-state index is 12.3. The first-order valence-electron chi connectivity index (χ1n) is 7.51. The minimum Gasteiger partial charge on any atom is -0.295 e. The van der Waals surface area contributed by atoms with Crippen molar-refractivity contribution in [3.63, 3.8) is 0 Å². The molecule has 0 spiro atoms. The molecular weight excluding hydrogens is 244 g/mol. The molecule has 0 amide bonds. The molecule has 0 radical (unpaired) electrons. The summed E-state index contributed by atoms with van der Waals surface area (Å²) in [7, 11) is 0. The molecule has 0 aromatic heterocycles. The second kappa shape index (κ2) is 5.20. The van der Waals surface area contributed by atoms with Crippen LogP contribution in [0.25, 0.3) is 0 Å². The highest BCUT2D eigenvalue weighted by Gasteiger charge is 2.32. The van der Waals surface area contributed by atoms with E-state index in [0.29, 0.717) is 12.2 Å². The van der Waals surface area contributed by atoms with Crippen LogP contribution in [0.5, 0.6) is 0 Å². The fraction of sp³-hybridized carbons (Fsp3) is 0.526. The Morgan fingerprint density at radius 2 is 1.70 bits per heavy atom. The summed E-state index contributed by atoms with van der Waals surface area (Å²) in [5, 5.41) is 0. The highest BCUT2D eigenvalue weighted by atomic mass is 16.1. The smallest absolute Gasteiger partial charge is 0.159 e. The van der Waals surface area contributed by atoms with Crippen LogP contribution < -0.4 is 0 Å². The predicted molar refractivity (Wildman–Crippen MR) is 85.6 cm³/mol. The van der Waals surface area contributed by atoms with Gasteiger partial charge in [-0.05, 0) is 67.7 Å². The third-order valence-electron chi connectivity index (χ3n) is 4.70. The Bertz CT molecular complexity index is 565. The number of Topliss-reactive ketones (excluding diaryl/α,β-unsaturated/α-hetero) is 1. The molecule has 0 saturated heterocycles. The Hall–Kier alpha value is -1.37. The largest absolute Gasteiger partial charge is 0.295 e. The van der Waals surface area contributed by atoms with Gasteiger partial charge in [-0.3, -0.25) is 4.79 Å². The van der Waals surface area contributed by atoms with Crippen LogP contribution in [-0.2, 0) is 4.79 Å². The number of carbonyl (C=O) groups excluding carboxylic acids is 1. The van der Waals surface area contributed by atoms with E-state index in [1.54, 1.807) is 0 Å². The first kappa shape index (κ1) is 15.0. The predicted octanol–water partition coefficient (Wildman–Crippen LogP) is 5.30. The zero-order valence-electron chi connectivity index (χ0n) is 13.5. The van der Waals surface area contributed by atoms with Gasteiger partial charge in [0.1, 0.15) is 0 Å². The van der Waals surface area contributed by atoms with Crippen LogP contribution in [0.2, 0.25) is 0 Å². The van der Waals surface area contributed by atoms with E-state index < -0.39 is 0 Å². The average molecular weight is 270 g/mol. The van der Waals surface area contributed by atoms with Crippen LogP contribution in [-0.4, -0.2) is 5.78 Å². The molecule has 0 unspecified atom stereocenters. The maximum Gasteiger partial charge on any atom is 0.159 e. The quantitative estimate of drug-likeness (QED) is 0.631. The van der Waals surface area contributed by atoms with Crippen LogP contribution >= 0.6 is 0 Å². The van der Waals surface area contributed by atoms with E-state index in [2.05, 4.69) is 40.3 Å². The van der Waals surface area contributed by atoms with Crippen molar-refractivity contribution in [2.45, 2.75) is 60.3 Å². The summed E-state index contributed by atoms with van der Waals surface area (Å²) in [5.74, 6) is 0.303. The summed E-state index contributed by atoms with van der Waals surface area (Å²) in [6.07, 6.45) is 5.95. The van der Waals surface area contributed by atoms with Crippen molar-refractivity contribution < 1.29 is 4.79 Å². The minimum absolute atomic E-state index is 0.0641. The first-order valence-corrected chi connectivity index (χ1v) is 7.51. The number of hydrogen-bond donors (Lipinski definition) is 0. The molecule has 2 aliphatic carbocycles. The topological polar surface area (TPSA) is 17.1 Å². The van der Waals surface area contributed by atoms with Crippen molar-refractivity contribution in [3.05, 3.63) is 46.1 Å². The Labute approximate surface area is 123 Å². The molecule has 0 aromatic rings. The van der Waals surface area contributed by atoms with Gasteiger partial charge in [-0.1, -0.05) is 37.6 Å². The Morgan fingerprint density at radius 1 is 1.05 bits per heavy atom. The van der Waals surface area contributed by atoms with Gasteiger partial charge in [0.2, 0.25) is 0 Å². The lowest BCUT2D eigenvalue weighted by molar-refractivity contribution is -0.118. The third-order valence-corrected chi connectivity index (χ3v) is 4.70. The first-order chi connectivity index (χ1) is 9.21. The van der Waals surface area contributed by atoms with Crippen molar-refractivity contribution in [1.82, 2.24) is 0 Å². The van der Waals surface area contributed by atoms with Gasteiger partial charge in [-0.2, -0.15) is 0 Å². The molecule has 0 N–H and O–H groups in total. The van der Waals surface area contributed by atoms with Gasteiger partial charge in [-0.25, -0.2) is 0 Å². The Morgan fingerprint density at radius 3 is 2.35 bits per heavy atom. The van der Waals surface area contributed by atoms with Crippen LogP contribution in [0.15, 0.2) is 46.1 Å². The van der Waals surface area contributed by atoms with Gasteiger partial charge in [-0.15, -0.1) is 0 Å². The van der Waals surface area contributed by atoms with E-state index in [9.17, 15) is 4.79 Å². The number of allylic oxidation sites excluding steroid dienone is 7. The van der Waals surface area contributed by atoms with Crippen molar-refractivity contribution in [3.8, 4) is 0 Å².